The average Bonchev–Trinajstić information content (AvgIpc) is 2.50. The molecule has 0 spiro atoms. The highest BCUT2D eigenvalue weighted by molar-refractivity contribution is 7.85. The van der Waals surface area contributed by atoms with E-state index < -0.39 is 32.0 Å². The summed E-state index contributed by atoms with van der Waals surface area (Å²) in [6.07, 6.45) is 0. The summed E-state index contributed by atoms with van der Waals surface area (Å²) in [6, 6.07) is 0.0195. The van der Waals surface area contributed by atoms with Gasteiger partial charge in [-0.2, -0.15) is 16.8 Å². The molecular weight excluding hydrogens is 416 g/mol. The van der Waals surface area contributed by atoms with Crippen LogP contribution in [0.5, 0.6) is 0 Å². The molecule has 0 aromatic heterocycles. The summed E-state index contributed by atoms with van der Waals surface area (Å²) in [6.45, 7) is 9.44. The van der Waals surface area contributed by atoms with Gasteiger partial charge in [-0.1, -0.05) is 0 Å². The largest absolute Gasteiger partial charge is 0.355 e. The van der Waals surface area contributed by atoms with Gasteiger partial charge in [0.2, 0.25) is 11.8 Å². The van der Waals surface area contributed by atoms with Crippen LogP contribution in [-0.4, -0.2) is 86.1 Å². The van der Waals surface area contributed by atoms with Crippen LogP contribution in [0, 0.1) is 0 Å². The topological polar surface area (TPSA) is 182 Å². The van der Waals surface area contributed by atoms with Crippen LogP contribution in [0.1, 0.15) is 34.6 Å². The first kappa shape index (κ1) is 28.9. The van der Waals surface area contributed by atoms with Crippen LogP contribution < -0.4 is 16.0 Å². The van der Waals surface area contributed by atoms with Gasteiger partial charge in [0.25, 0.3) is 20.2 Å². The third-order valence-corrected chi connectivity index (χ3v) is 3.96. The molecule has 0 saturated heterocycles. The van der Waals surface area contributed by atoms with Crippen LogP contribution in [0.25, 0.3) is 0 Å². The maximum absolute atomic E-state index is 11.5. The Morgan fingerprint density at radius 1 is 0.857 bits per heavy atom. The van der Waals surface area contributed by atoms with Crippen molar-refractivity contribution in [3.8, 4) is 0 Å². The van der Waals surface area contributed by atoms with Crippen molar-refractivity contribution in [1.29, 1.82) is 0 Å². The van der Waals surface area contributed by atoms with Crippen LogP contribution in [0.15, 0.2) is 0 Å². The average molecular weight is 449 g/mol. The molecule has 5 N–H and O–H groups in total. The van der Waals surface area contributed by atoms with E-state index in [1.165, 1.54) is 0 Å². The molecule has 12 nitrogen and oxygen atoms in total. The van der Waals surface area contributed by atoms with Crippen molar-refractivity contribution >= 4 is 32.1 Å². The maximum atomic E-state index is 11.5. The molecule has 0 bridgehead atoms. The van der Waals surface area contributed by atoms with E-state index in [0.29, 0.717) is 6.54 Å². The Labute approximate surface area is 166 Å². The van der Waals surface area contributed by atoms with Crippen LogP contribution >= 0.6 is 0 Å². The highest BCUT2D eigenvalue weighted by Crippen LogP contribution is 1.97. The number of carbonyl (C=O) groups excluding carboxylic acids is 2. The lowest BCUT2D eigenvalue weighted by Crippen LogP contribution is -2.46. The molecule has 0 aromatic rings. The zero-order valence-electron chi connectivity index (χ0n) is 16.8. The van der Waals surface area contributed by atoms with Crippen LogP contribution in [0.4, 0.5) is 0 Å². The number of hydrogen-bond donors (Lipinski definition) is 5. The first-order valence-corrected chi connectivity index (χ1v) is 11.7. The minimum atomic E-state index is -4.24. The predicted molar refractivity (Wildman–Crippen MR) is 105 cm³/mol. The first-order valence-electron chi connectivity index (χ1n) is 8.48. The number of nitrogens with zero attached hydrogens (tertiary/aromatic N) is 1. The SMILES string of the molecule is CC(C)NCS(=O)(=O)O.CCNC(=O)CN(CC(=O)NCS(=O)(=O)O)C(C)C. The van der Waals surface area contributed by atoms with Crippen molar-refractivity contribution in [3.63, 3.8) is 0 Å². The Morgan fingerprint density at radius 2 is 1.29 bits per heavy atom. The van der Waals surface area contributed by atoms with Gasteiger partial charge in [-0.05, 0) is 34.6 Å². The van der Waals surface area contributed by atoms with Crippen molar-refractivity contribution in [2.75, 3.05) is 31.4 Å². The summed E-state index contributed by atoms with van der Waals surface area (Å²) in [7, 11) is -8.07. The molecule has 28 heavy (non-hydrogen) atoms. The van der Waals surface area contributed by atoms with Crippen molar-refractivity contribution < 1.29 is 35.5 Å². The van der Waals surface area contributed by atoms with Gasteiger partial charge in [-0.25, -0.2) is 0 Å². The molecule has 0 fully saturated rings. The second-order valence-corrected chi connectivity index (χ2v) is 9.27. The second kappa shape index (κ2) is 13.8. The number of amides is 2. The van der Waals surface area contributed by atoms with E-state index in [9.17, 15) is 26.4 Å². The molecule has 0 saturated carbocycles. The molecule has 0 heterocycles. The van der Waals surface area contributed by atoms with E-state index >= 15 is 0 Å². The third-order valence-electron chi connectivity index (χ3n) is 2.92. The van der Waals surface area contributed by atoms with E-state index in [1.807, 2.05) is 13.8 Å². The molecule has 0 atom stereocenters. The summed E-state index contributed by atoms with van der Waals surface area (Å²) >= 11 is 0. The number of carbonyl (C=O) groups is 2. The van der Waals surface area contributed by atoms with Crippen LogP contribution in [0.2, 0.25) is 0 Å². The standard InChI is InChI=1S/C10H21N3O5S.C4H11NO3S/c1-4-11-9(14)5-13(8(2)3)6-10(15)12-7-19(16,17)18;1-4(2)5-3-9(6,7)8/h8H,4-7H2,1-3H3,(H,11,14)(H,12,15)(H,16,17,18);4-5H,3H2,1-2H3,(H,6,7,8). The molecule has 0 aliphatic rings. The fraction of sp³-hybridized carbons (Fsp3) is 0.857. The fourth-order valence-electron chi connectivity index (χ4n) is 1.54. The normalized spacial score (nSPS) is 11.9. The minimum Gasteiger partial charge on any atom is -0.355 e. The molecule has 0 rings (SSSR count). The molecule has 168 valence electrons. The molecule has 2 amide bonds. The second-order valence-electron chi connectivity index (χ2n) is 6.36. The minimum absolute atomic E-state index is 0.0464. The smallest absolute Gasteiger partial charge is 0.283 e. The van der Waals surface area contributed by atoms with Crippen molar-refractivity contribution in [3.05, 3.63) is 0 Å². The monoisotopic (exact) mass is 448 g/mol. The zero-order chi connectivity index (χ0) is 22.5. The zero-order valence-corrected chi connectivity index (χ0v) is 18.4. The Bertz CT molecular complexity index is 677. The van der Waals surface area contributed by atoms with Crippen molar-refractivity contribution in [1.82, 2.24) is 20.9 Å². The van der Waals surface area contributed by atoms with Gasteiger partial charge in [0.1, 0.15) is 11.8 Å². The van der Waals surface area contributed by atoms with Crippen molar-refractivity contribution in [2.24, 2.45) is 0 Å². The van der Waals surface area contributed by atoms with E-state index in [0.717, 1.165) is 0 Å². The Balaban J connectivity index is 0. The van der Waals surface area contributed by atoms with Gasteiger partial charge in [0, 0.05) is 18.6 Å². The molecule has 0 unspecified atom stereocenters. The number of hydrogen-bond acceptors (Lipinski definition) is 8. The van der Waals surface area contributed by atoms with Crippen LogP contribution in [0.3, 0.4) is 0 Å². The maximum Gasteiger partial charge on any atom is 0.283 e. The predicted octanol–water partition coefficient (Wildman–Crippen LogP) is -1.38. The number of rotatable bonds is 11. The third kappa shape index (κ3) is 21.0. The molecule has 0 aromatic carbocycles. The van der Waals surface area contributed by atoms with E-state index in [2.05, 4.69) is 16.0 Å². The van der Waals surface area contributed by atoms with E-state index in [-0.39, 0.29) is 37.0 Å². The number of nitrogens with one attached hydrogen (secondary N) is 3. The Morgan fingerprint density at radius 3 is 1.57 bits per heavy atom. The van der Waals surface area contributed by atoms with Gasteiger partial charge in [0.15, 0.2) is 0 Å². The van der Waals surface area contributed by atoms with Gasteiger partial charge in [-0.3, -0.25) is 28.9 Å². The lowest BCUT2D eigenvalue weighted by molar-refractivity contribution is -0.125. The lowest BCUT2D eigenvalue weighted by atomic mass is 10.3. The Hall–Kier alpha value is -1.32. The summed E-state index contributed by atoms with van der Waals surface area (Å²) in [5.41, 5.74) is 0. The summed E-state index contributed by atoms with van der Waals surface area (Å²) < 4.78 is 57.7. The molecule has 14 heteroatoms. The summed E-state index contributed by atoms with van der Waals surface area (Å²) in [5.74, 6) is -1.99. The summed E-state index contributed by atoms with van der Waals surface area (Å²) in [4.78, 5) is 24.5. The van der Waals surface area contributed by atoms with Gasteiger partial charge < -0.3 is 10.6 Å². The van der Waals surface area contributed by atoms with Crippen molar-refractivity contribution in [2.45, 2.75) is 46.7 Å². The molecule has 0 radical (unpaired) electrons. The highest BCUT2D eigenvalue weighted by atomic mass is 32.2. The fourth-order valence-corrected chi connectivity index (χ4v) is 2.43. The Kier molecular flexibility index (Phi) is 14.2. The van der Waals surface area contributed by atoms with Gasteiger partial charge >= 0.3 is 0 Å². The number of likely N-dealkylation sites (N-methyl/N-ethyl adjacent to an activating group) is 1. The van der Waals surface area contributed by atoms with E-state index in [1.54, 1.807) is 25.7 Å². The van der Waals surface area contributed by atoms with Gasteiger partial charge in [0.05, 0.1) is 13.1 Å². The molecule has 0 aliphatic carbocycles. The first-order chi connectivity index (χ1) is 12.6. The van der Waals surface area contributed by atoms with E-state index in [4.69, 9.17) is 9.11 Å². The summed E-state index contributed by atoms with van der Waals surface area (Å²) in [5, 5.41) is 7.22. The quantitative estimate of drug-likeness (QED) is 0.236. The van der Waals surface area contributed by atoms with Crippen LogP contribution in [-0.2, 0) is 29.8 Å². The molecule has 0 aliphatic heterocycles. The lowest BCUT2D eigenvalue weighted by Gasteiger charge is -2.24. The highest BCUT2D eigenvalue weighted by Gasteiger charge is 2.18. The molecular formula is C14H32N4O8S2. The van der Waals surface area contributed by atoms with Gasteiger partial charge in [-0.15, -0.1) is 0 Å².